The van der Waals surface area contributed by atoms with Crippen LogP contribution in [0.4, 0.5) is 6.01 Å². The number of hydrogen-bond acceptors (Lipinski definition) is 5. The second-order valence-electron chi connectivity index (χ2n) is 5.36. The van der Waals surface area contributed by atoms with Crippen molar-refractivity contribution in [2.24, 2.45) is 0 Å². The number of hydrogen-bond donors (Lipinski definition) is 2. The second kappa shape index (κ2) is 8.15. The Bertz CT molecular complexity index is 345. The number of nitrogens with one attached hydrogen (secondary N) is 2. The molecule has 1 fully saturated rings. The van der Waals surface area contributed by atoms with Gasteiger partial charge >= 0.3 is 6.01 Å². The fourth-order valence-electron chi connectivity index (χ4n) is 2.53. The average molecular weight is 266 g/mol. The third-order valence-corrected chi connectivity index (χ3v) is 3.60. The van der Waals surface area contributed by atoms with Gasteiger partial charge in [-0.1, -0.05) is 44.1 Å². The van der Waals surface area contributed by atoms with E-state index in [1.54, 1.807) is 0 Å². The Labute approximate surface area is 115 Å². The van der Waals surface area contributed by atoms with Crippen molar-refractivity contribution < 1.29 is 4.42 Å². The lowest BCUT2D eigenvalue weighted by Gasteiger charge is -2.19. The third-order valence-electron chi connectivity index (χ3n) is 3.60. The van der Waals surface area contributed by atoms with E-state index in [1.807, 2.05) is 0 Å². The highest BCUT2D eigenvalue weighted by molar-refractivity contribution is 5.19. The van der Waals surface area contributed by atoms with Crippen LogP contribution in [0.5, 0.6) is 0 Å². The first kappa shape index (κ1) is 14.3. The van der Waals surface area contributed by atoms with Crippen molar-refractivity contribution in [2.45, 2.75) is 70.9 Å². The summed E-state index contributed by atoms with van der Waals surface area (Å²) in [5, 5.41) is 14.8. The van der Waals surface area contributed by atoms with Gasteiger partial charge in [0.05, 0.1) is 6.54 Å². The van der Waals surface area contributed by atoms with Crippen LogP contribution in [0, 0.1) is 0 Å². The van der Waals surface area contributed by atoms with E-state index in [2.05, 4.69) is 27.8 Å². The molecule has 1 saturated carbocycles. The Morgan fingerprint density at radius 3 is 2.58 bits per heavy atom. The zero-order valence-electron chi connectivity index (χ0n) is 12.0. The van der Waals surface area contributed by atoms with Crippen LogP contribution < -0.4 is 10.6 Å². The molecule has 0 unspecified atom stereocenters. The minimum atomic E-state index is 0.497. The minimum absolute atomic E-state index is 0.497. The molecule has 0 bridgehead atoms. The molecule has 0 aromatic carbocycles. The SMILES string of the molecule is CCCNCc1nnc(NC2CCCCCCC2)o1. The molecule has 1 aliphatic rings. The Hall–Kier alpha value is -1.10. The molecule has 5 nitrogen and oxygen atoms in total. The molecule has 1 aromatic heterocycles. The maximum atomic E-state index is 5.61. The number of nitrogens with zero attached hydrogens (tertiary/aromatic N) is 2. The van der Waals surface area contributed by atoms with E-state index in [0.717, 1.165) is 13.0 Å². The second-order valence-corrected chi connectivity index (χ2v) is 5.36. The van der Waals surface area contributed by atoms with Crippen molar-refractivity contribution in [3.63, 3.8) is 0 Å². The summed E-state index contributed by atoms with van der Waals surface area (Å²) in [5.41, 5.74) is 0. The molecular weight excluding hydrogens is 240 g/mol. The van der Waals surface area contributed by atoms with Gasteiger partial charge in [-0.3, -0.25) is 0 Å². The maximum Gasteiger partial charge on any atom is 0.315 e. The highest BCUT2D eigenvalue weighted by Crippen LogP contribution is 2.20. The van der Waals surface area contributed by atoms with Gasteiger partial charge in [0.1, 0.15) is 0 Å². The van der Waals surface area contributed by atoms with Gasteiger partial charge in [0.25, 0.3) is 0 Å². The molecule has 5 heteroatoms. The summed E-state index contributed by atoms with van der Waals surface area (Å²) in [5.74, 6) is 0.668. The van der Waals surface area contributed by atoms with Crippen LogP contribution in [0.2, 0.25) is 0 Å². The summed E-state index contributed by atoms with van der Waals surface area (Å²) >= 11 is 0. The predicted octanol–water partition coefficient (Wildman–Crippen LogP) is 3.09. The fourth-order valence-corrected chi connectivity index (χ4v) is 2.53. The van der Waals surface area contributed by atoms with Crippen molar-refractivity contribution in [3.05, 3.63) is 5.89 Å². The summed E-state index contributed by atoms with van der Waals surface area (Å²) in [7, 11) is 0. The Kier molecular flexibility index (Phi) is 6.14. The quantitative estimate of drug-likeness (QED) is 0.775. The van der Waals surface area contributed by atoms with Gasteiger partial charge in [-0.05, 0) is 25.8 Å². The lowest BCUT2D eigenvalue weighted by molar-refractivity contribution is 0.443. The molecule has 1 aromatic rings. The van der Waals surface area contributed by atoms with Crippen LogP contribution in [0.25, 0.3) is 0 Å². The molecule has 0 aliphatic heterocycles. The van der Waals surface area contributed by atoms with Crippen LogP contribution >= 0.6 is 0 Å². The van der Waals surface area contributed by atoms with Crippen molar-refractivity contribution in [3.8, 4) is 0 Å². The average Bonchev–Trinajstić information content (AvgIpc) is 2.81. The van der Waals surface area contributed by atoms with Gasteiger partial charge in [0.15, 0.2) is 0 Å². The molecule has 19 heavy (non-hydrogen) atoms. The fraction of sp³-hybridized carbons (Fsp3) is 0.857. The van der Waals surface area contributed by atoms with E-state index in [0.29, 0.717) is 24.5 Å². The van der Waals surface area contributed by atoms with Gasteiger partial charge in [-0.2, -0.15) is 0 Å². The van der Waals surface area contributed by atoms with Crippen molar-refractivity contribution >= 4 is 6.01 Å². The van der Waals surface area contributed by atoms with Crippen LogP contribution in [0.15, 0.2) is 4.42 Å². The van der Waals surface area contributed by atoms with E-state index < -0.39 is 0 Å². The highest BCUT2D eigenvalue weighted by atomic mass is 16.4. The lowest BCUT2D eigenvalue weighted by atomic mass is 9.97. The molecule has 0 radical (unpaired) electrons. The van der Waals surface area contributed by atoms with Crippen LogP contribution in [0.1, 0.15) is 64.2 Å². The largest absolute Gasteiger partial charge is 0.407 e. The molecule has 2 rings (SSSR count). The van der Waals surface area contributed by atoms with Crippen LogP contribution in [0.3, 0.4) is 0 Å². The first-order valence-electron chi connectivity index (χ1n) is 7.68. The normalized spacial score (nSPS) is 17.9. The predicted molar refractivity (Wildman–Crippen MR) is 76.0 cm³/mol. The van der Waals surface area contributed by atoms with Crippen molar-refractivity contribution in [1.82, 2.24) is 15.5 Å². The van der Waals surface area contributed by atoms with Gasteiger partial charge in [0, 0.05) is 6.04 Å². The monoisotopic (exact) mass is 266 g/mol. The molecule has 108 valence electrons. The summed E-state index contributed by atoms with van der Waals surface area (Å²) < 4.78 is 5.61. The molecule has 0 spiro atoms. The van der Waals surface area contributed by atoms with E-state index >= 15 is 0 Å². The third kappa shape index (κ3) is 5.19. The Morgan fingerprint density at radius 2 is 1.84 bits per heavy atom. The van der Waals surface area contributed by atoms with Crippen molar-refractivity contribution in [1.29, 1.82) is 0 Å². The molecule has 1 aliphatic carbocycles. The molecule has 2 N–H and O–H groups in total. The summed E-state index contributed by atoms with van der Waals surface area (Å²) in [6, 6.07) is 1.08. The summed E-state index contributed by atoms with van der Waals surface area (Å²) in [6.45, 7) is 3.78. The number of aromatic nitrogens is 2. The van der Waals surface area contributed by atoms with Crippen LogP contribution in [-0.2, 0) is 6.54 Å². The van der Waals surface area contributed by atoms with Gasteiger partial charge in [-0.25, -0.2) is 0 Å². The van der Waals surface area contributed by atoms with E-state index in [1.165, 1.54) is 44.9 Å². The van der Waals surface area contributed by atoms with E-state index in [-0.39, 0.29) is 0 Å². The first-order valence-corrected chi connectivity index (χ1v) is 7.68. The topological polar surface area (TPSA) is 63.0 Å². The standard InChI is InChI=1S/C14H26N4O/c1-2-10-15-11-13-17-18-14(19-13)16-12-8-6-4-3-5-7-9-12/h12,15H,2-11H2,1H3,(H,16,18). The molecular formula is C14H26N4O. The summed E-state index contributed by atoms with van der Waals surface area (Å²) in [4.78, 5) is 0. The lowest BCUT2D eigenvalue weighted by Crippen LogP contribution is -2.20. The number of rotatable bonds is 6. The molecule has 0 amide bonds. The van der Waals surface area contributed by atoms with Gasteiger partial charge in [0.2, 0.25) is 5.89 Å². The Morgan fingerprint density at radius 1 is 1.11 bits per heavy atom. The minimum Gasteiger partial charge on any atom is -0.407 e. The highest BCUT2D eigenvalue weighted by Gasteiger charge is 2.14. The van der Waals surface area contributed by atoms with E-state index in [4.69, 9.17) is 4.42 Å². The van der Waals surface area contributed by atoms with Crippen molar-refractivity contribution in [2.75, 3.05) is 11.9 Å². The zero-order chi connectivity index (χ0) is 13.3. The Balaban J connectivity index is 1.77. The molecule has 1 heterocycles. The first-order chi connectivity index (χ1) is 9.38. The van der Waals surface area contributed by atoms with Gasteiger partial charge < -0.3 is 15.1 Å². The zero-order valence-corrected chi connectivity index (χ0v) is 12.0. The molecule has 0 saturated heterocycles. The van der Waals surface area contributed by atoms with Gasteiger partial charge in [-0.15, -0.1) is 5.10 Å². The smallest absolute Gasteiger partial charge is 0.315 e. The maximum absolute atomic E-state index is 5.61. The van der Waals surface area contributed by atoms with E-state index in [9.17, 15) is 0 Å². The number of anilines is 1. The van der Waals surface area contributed by atoms with Crippen LogP contribution in [-0.4, -0.2) is 22.8 Å². The summed E-state index contributed by atoms with van der Waals surface area (Å²) in [6.07, 6.45) is 10.2. The molecule has 0 atom stereocenters.